The number of esters is 1. The molecule has 224 valence electrons. The molecule has 0 radical (unpaired) electrons. The monoisotopic (exact) mass is 575 g/mol. The van der Waals surface area contributed by atoms with Gasteiger partial charge in [0.15, 0.2) is 0 Å². The van der Waals surface area contributed by atoms with E-state index in [4.69, 9.17) is 9.47 Å². The summed E-state index contributed by atoms with van der Waals surface area (Å²) in [4.78, 5) is 47.7. The summed E-state index contributed by atoms with van der Waals surface area (Å²) < 4.78 is 11.9. The first-order valence-corrected chi connectivity index (χ1v) is 15.0. The molecule has 9 nitrogen and oxygen atoms in total. The zero-order chi connectivity index (χ0) is 30.0. The van der Waals surface area contributed by atoms with Crippen LogP contribution in [0.5, 0.6) is 0 Å². The fourth-order valence-electron chi connectivity index (χ4n) is 7.27. The van der Waals surface area contributed by atoms with Crippen LogP contribution in [0.2, 0.25) is 0 Å². The van der Waals surface area contributed by atoms with Crippen molar-refractivity contribution in [2.24, 2.45) is 11.8 Å². The zero-order valence-electron chi connectivity index (χ0n) is 24.6. The first-order valence-electron chi connectivity index (χ1n) is 15.0. The number of carbonyl (C=O) groups excluding carboxylic acids is 3. The van der Waals surface area contributed by atoms with E-state index in [0.29, 0.717) is 24.1 Å². The Morgan fingerprint density at radius 2 is 1.79 bits per heavy atom. The largest absolute Gasteiger partial charge is 0.466 e. The number of anilines is 2. The molecule has 9 heteroatoms. The molecule has 3 heterocycles. The zero-order valence-corrected chi connectivity index (χ0v) is 24.6. The molecule has 2 bridgehead atoms. The van der Waals surface area contributed by atoms with Gasteiger partial charge < -0.3 is 29.3 Å². The Morgan fingerprint density at radius 1 is 1.12 bits per heavy atom. The van der Waals surface area contributed by atoms with Gasteiger partial charge in [-0.15, -0.1) is 6.58 Å². The predicted octanol–water partition coefficient (Wildman–Crippen LogP) is 3.72. The molecule has 2 aromatic carbocycles. The number of hydrogen-bond acceptors (Lipinski definition) is 7. The van der Waals surface area contributed by atoms with Crippen molar-refractivity contribution in [2.75, 3.05) is 42.6 Å². The molecular weight excluding hydrogens is 534 g/mol. The van der Waals surface area contributed by atoms with E-state index in [1.54, 1.807) is 17.9 Å². The van der Waals surface area contributed by atoms with E-state index in [-0.39, 0.29) is 25.0 Å². The molecule has 3 aliphatic heterocycles. The van der Waals surface area contributed by atoms with Gasteiger partial charge in [-0.2, -0.15) is 0 Å². The molecule has 2 aromatic rings. The van der Waals surface area contributed by atoms with E-state index in [1.807, 2.05) is 54.6 Å². The topological polar surface area (TPSA) is 99.6 Å². The summed E-state index contributed by atoms with van der Waals surface area (Å²) in [6, 6.07) is 15.1. The van der Waals surface area contributed by atoms with Crippen molar-refractivity contribution >= 4 is 29.2 Å². The number of aliphatic hydroxyl groups excluding tert-OH is 1. The fraction of sp³-hybridized carbons (Fsp3) is 0.485. The lowest BCUT2D eigenvalue weighted by molar-refractivity contribution is -0.155. The molecule has 3 fully saturated rings. The predicted molar refractivity (Wildman–Crippen MR) is 160 cm³/mol. The first-order chi connectivity index (χ1) is 20.4. The van der Waals surface area contributed by atoms with Gasteiger partial charge in [-0.05, 0) is 63.4 Å². The molecule has 0 aliphatic carbocycles. The minimum absolute atomic E-state index is 0.182. The maximum absolute atomic E-state index is 14.8. The van der Waals surface area contributed by atoms with Crippen LogP contribution >= 0.6 is 0 Å². The van der Waals surface area contributed by atoms with Gasteiger partial charge in [0.25, 0.3) is 5.91 Å². The highest BCUT2D eigenvalue weighted by atomic mass is 16.6. The Bertz CT molecular complexity index is 1300. The van der Waals surface area contributed by atoms with Crippen LogP contribution in [-0.4, -0.2) is 78.4 Å². The Balaban J connectivity index is 1.60. The molecule has 1 spiro atoms. The third-order valence-electron chi connectivity index (χ3n) is 9.09. The number of hydrogen-bond donors (Lipinski definition) is 1. The molecule has 2 unspecified atom stereocenters. The summed E-state index contributed by atoms with van der Waals surface area (Å²) >= 11 is 0. The van der Waals surface area contributed by atoms with E-state index in [0.717, 1.165) is 18.8 Å². The highest BCUT2D eigenvalue weighted by molar-refractivity contribution is 6.05. The van der Waals surface area contributed by atoms with Crippen molar-refractivity contribution < 1.29 is 29.0 Å². The molecule has 2 amide bonds. The lowest BCUT2D eigenvalue weighted by Crippen LogP contribution is -2.57. The maximum atomic E-state index is 14.8. The number of likely N-dealkylation sites (tertiary alicyclic amines) is 1. The Kier molecular flexibility index (Phi) is 8.70. The summed E-state index contributed by atoms with van der Waals surface area (Å²) in [5, 5.41) is 10.7. The number of ether oxygens (including phenoxy) is 2. The van der Waals surface area contributed by atoms with Crippen LogP contribution in [0.15, 0.2) is 67.3 Å². The summed E-state index contributed by atoms with van der Waals surface area (Å²) in [5.74, 6) is -2.86. The van der Waals surface area contributed by atoms with Gasteiger partial charge in [0.1, 0.15) is 11.6 Å². The van der Waals surface area contributed by atoms with E-state index >= 15 is 0 Å². The average molecular weight is 576 g/mol. The van der Waals surface area contributed by atoms with Gasteiger partial charge in [-0.25, -0.2) is 0 Å². The van der Waals surface area contributed by atoms with Gasteiger partial charge in [-0.1, -0.05) is 36.4 Å². The van der Waals surface area contributed by atoms with Crippen molar-refractivity contribution in [3.63, 3.8) is 0 Å². The minimum atomic E-state index is -1.21. The van der Waals surface area contributed by atoms with Gasteiger partial charge in [0, 0.05) is 31.0 Å². The number of benzene rings is 2. The van der Waals surface area contributed by atoms with Gasteiger partial charge >= 0.3 is 5.97 Å². The summed E-state index contributed by atoms with van der Waals surface area (Å²) in [6.07, 6.45) is 2.15. The molecule has 3 saturated heterocycles. The van der Waals surface area contributed by atoms with Crippen molar-refractivity contribution in [1.82, 2.24) is 4.90 Å². The second-order valence-electron chi connectivity index (χ2n) is 11.1. The minimum Gasteiger partial charge on any atom is -0.466 e. The van der Waals surface area contributed by atoms with Crippen LogP contribution in [0.1, 0.15) is 45.2 Å². The van der Waals surface area contributed by atoms with E-state index < -0.39 is 48.2 Å². The van der Waals surface area contributed by atoms with Crippen molar-refractivity contribution in [1.29, 1.82) is 0 Å². The van der Waals surface area contributed by atoms with Crippen LogP contribution in [-0.2, 0) is 23.9 Å². The number of amides is 2. The Morgan fingerprint density at radius 3 is 2.38 bits per heavy atom. The van der Waals surface area contributed by atoms with E-state index in [2.05, 4.69) is 25.3 Å². The van der Waals surface area contributed by atoms with Gasteiger partial charge in [-0.3, -0.25) is 14.4 Å². The molecule has 6 atom stereocenters. The Hall–Kier alpha value is -3.69. The summed E-state index contributed by atoms with van der Waals surface area (Å²) in [6.45, 7) is 11.5. The van der Waals surface area contributed by atoms with Crippen molar-refractivity contribution in [3.8, 4) is 0 Å². The highest BCUT2D eigenvalue weighted by Crippen LogP contribution is 2.60. The van der Waals surface area contributed by atoms with Crippen LogP contribution < -0.4 is 9.80 Å². The summed E-state index contributed by atoms with van der Waals surface area (Å²) in [5.41, 5.74) is 1.20. The molecule has 42 heavy (non-hydrogen) atoms. The molecule has 5 rings (SSSR count). The van der Waals surface area contributed by atoms with E-state index in [1.165, 1.54) is 4.90 Å². The number of aliphatic hydroxyl groups is 1. The van der Waals surface area contributed by atoms with E-state index in [9.17, 15) is 19.5 Å². The SMILES string of the molecule is C=CCN(C(=O)C1N([C@H](CO)c2ccccc2)C(=O)[C@@H]2[C@@H](C(=O)OCC)[C@H]3CCC12O3)c1ccc(N(CC)CC)cc1. The number of rotatable bonds is 12. The normalized spacial score (nSPS) is 26.6. The van der Waals surface area contributed by atoms with Gasteiger partial charge in [0.05, 0.1) is 37.2 Å². The number of carbonyl (C=O) groups is 3. The van der Waals surface area contributed by atoms with Crippen LogP contribution in [0.25, 0.3) is 0 Å². The van der Waals surface area contributed by atoms with Crippen molar-refractivity contribution in [2.45, 2.75) is 57.4 Å². The third-order valence-corrected chi connectivity index (χ3v) is 9.09. The lowest BCUT2D eigenvalue weighted by Gasteiger charge is -2.39. The standard InChI is InChI=1S/C33H41N3O6/c1-5-20-35(24-16-14-23(15-17-24)34(6-2)7-3)31(39)29-33-19-18-26(42-33)27(32(40)41-8-4)28(33)30(38)36(29)25(21-37)22-12-10-9-11-13-22/h5,9-17,25-29,37H,1,6-8,18-21H2,2-4H3/t25-,26-,27+,28+,29?,33?/m1/s1. The third kappa shape index (κ3) is 4.78. The van der Waals surface area contributed by atoms with Crippen molar-refractivity contribution in [3.05, 3.63) is 72.8 Å². The molecule has 0 saturated carbocycles. The average Bonchev–Trinajstić information content (AvgIpc) is 3.65. The lowest BCUT2D eigenvalue weighted by atomic mass is 9.70. The highest BCUT2D eigenvalue weighted by Gasteiger charge is 2.75. The maximum Gasteiger partial charge on any atom is 0.312 e. The van der Waals surface area contributed by atoms with Crippen LogP contribution in [0.4, 0.5) is 11.4 Å². The molecule has 3 aliphatic rings. The smallest absolute Gasteiger partial charge is 0.312 e. The second-order valence-corrected chi connectivity index (χ2v) is 11.1. The Labute approximate surface area is 247 Å². The fourth-order valence-corrected chi connectivity index (χ4v) is 7.27. The molecule has 1 N–H and O–H groups in total. The quantitative estimate of drug-likeness (QED) is 0.304. The summed E-state index contributed by atoms with van der Waals surface area (Å²) in [7, 11) is 0. The van der Waals surface area contributed by atoms with Gasteiger partial charge in [0.2, 0.25) is 5.91 Å². The van der Waals surface area contributed by atoms with Crippen LogP contribution in [0, 0.1) is 11.8 Å². The van der Waals surface area contributed by atoms with Crippen LogP contribution in [0.3, 0.4) is 0 Å². The second kappa shape index (κ2) is 12.3. The number of fused-ring (bicyclic) bond motifs is 1. The molecular formula is C33H41N3O6. The first kappa shape index (κ1) is 29.8. The molecule has 0 aromatic heterocycles. The number of nitrogens with zero attached hydrogens (tertiary/aromatic N) is 3.